The van der Waals surface area contributed by atoms with Gasteiger partial charge in [-0.05, 0) is 25.1 Å². The molecule has 8 nitrogen and oxygen atoms in total. The molecule has 0 aliphatic carbocycles. The molecule has 3 aromatic rings. The summed E-state index contributed by atoms with van der Waals surface area (Å²) in [5.41, 5.74) is 1.98. The van der Waals surface area contributed by atoms with E-state index in [0.717, 1.165) is 49.8 Å². The molecule has 0 spiro atoms. The molecular formula is C19H22ClN7O. The maximum atomic E-state index is 12.8. The van der Waals surface area contributed by atoms with E-state index in [4.69, 9.17) is 11.6 Å². The van der Waals surface area contributed by atoms with Crippen LogP contribution in [0.15, 0.2) is 36.9 Å². The molecule has 0 unspecified atom stereocenters. The van der Waals surface area contributed by atoms with Gasteiger partial charge in [0.25, 0.3) is 5.91 Å². The zero-order valence-electron chi connectivity index (χ0n) is 15.7. The lowest BCUT2D eigenvalue weighted by molar-refractivity contribution is 0.0777. The third-order valence-corrected chi connectivity index (χ3v) is 5.04. The van der Waals surface area contributed by atoms with E-state index < -0.39 is 0 Å². The average Bonchev–Trinajstić information content (AvgIpc) is 2.92. The highest BCUT2D eigenvalue weighted by atomic mass is 35.5. The Morgan fingerprint density at radius 1 is 1.18 bits per heavy atom. The fourth-order valence-corrected chi connectivity index (χ4v) is 3.46. The number of fused-ring (bicyclic) bond motifs is 1. The quantitative estimate of drug-likeness (QED) is 0.721. The molecule has 0 atom stereocenters. The zero-order valence-corrected chi connectivity index (χ0v) is 16.4. The summed E-state index contributed by atoms with van der Waals surface area (Å²) in [5.74, 6) is 0.618. The van der Waals surface area contributed by atoms with Crippen LogP contribution >= 0.6 is 11.6 Å². The van der Waals surface area contributed by atoms with Crippen molar-refractivity contribution < 1.29 is 4.79 Å². The van der Waals surface area contributed by atoms with Crippen LogP contribution in [0.3, 0.4) is 0 Å². The molecular weight excluding hydrogens is 378 g/mol. The van der Waals surface area contributed by atoms with Crippen LogP contribution in [0.5, 0.6) is 0 Å². The third-order valence-electron chi connectivity index (χ3n) is 4.81. The normalized spacial score (nSPS) is 14.9. The Morgan fingerprint density at radius 2 is 2.07 bits per heavy atom. The highest BCUT2D eigenvalue weighted by Gasteiger charge is 2.17. The molecule has 9 heteroatoms. The number of carbonyl (C=O) groups excluding carboxylic acids is 1. The Kier molecular flexibility index (Phi) is 5.40. The van der Waals surface area contributed by atoms with Gasteiger partial charge in [-0.2, -0.15) is 0 Å². The number of pyridine rings is 1. The first-order valence-electron chi connectivity index (χ1n) is 9.26. The van der Waals surface area contributed by atoms with E-state index >= 15 is 0 Å². The predicted molar refractivity (Wildman–Crippen MR) is 108 cm³/mol. The van der Waals surface area contributed by atoms with Gasteiger partial charge in [0.05, 0.1) is 35.9 Å². The fraction of sp³-hybridized carbons (Fsp3) is 0.368. The number of hydrogen-bond acceptors (Lipinski definition) is 6. The summed E-state index contributed by atoms with van der Waals surface area (Å²) in [4.78, 5) is 29.7. The summed E-state index contributed by atoms with van der Waals surface area (Å²) in [6.07, 6.45) is 7.84. The van der Waals surface area contributed by atoms with Gasteiger partial charge in [-0.25, -0.2) is 15.0 Å². The summed E-state index contributed by atoms with van der Waals surface area (Å²) >= 11 is 6.08. The van der Waals surface area contributed by atoms with Crippen molar-refractivity contribution in [3.8, 4) is 0 Å². The van der Waals surface area contributed by atoms with E-state index in [9.17, 15) is 4.79 Å². The van der Waals surface area contributed by atoms with Crippen LogP contribution in [0, 0.1) is 0 Å². The molecule has 0 radical (unpaired) electrons. The number of anilines is 1. The molecule has 1 aliphatic rings. The summed E-state index contributed by atoms with van der Waals surface area (Å²) in [6, 6.07) is 3.64. The second kappa shape index (κ2) is 8.12. The number of carbonyl (C=O) groups is 1. The first-order chi connectivity index (χ1) is 13.6. The summed E-state index contributed by atoms with van der Waals surface area (Å²) in [6.45, 7) is 4.15. The summed E-state index contributed by atoms with van der Waals surface area (Å²) in [5, 5.41) is 3.98. The van der Waals surface area contributed by atoms with Gasteiger partial charge in [0.1, 0.15) is 17.2 Å². The smallest absolute Gasteiger partial charge is 0.274 e. The van der Waals surface area contributed by atoms with Crippen LogP contribution in [0.1, 0.15) is 22.6 Å². The van der Waals surface area contributed by atoms with Crippen LogP contribution < -0.4 is 10.2 Å². The van der Waals surface area contributed by atoms with Crippen molar-refractivity contribution in [2.75, 3.05) is 38.1 Å². The maximum absolute atomic E-state index is 12.8. The molecule has 0 saturated carbocycles. The molecule has 3 aromatic heterocycles. The summed E-state index contributed by atoms with van der Waals surface area (Å²) in [7, 11) is 1.74. The van der Waals surface area contributed by atoms with Gasteiger partial charge in [-0.15, -0.1) is 0 Å². The Morgan fingerprint density at radius 3 is 2.89 bits per heavy atom. The Labute approximate surface area is 168 Å². The van der Waals surface area contributed by atoms with Crippen molar-refractivity contribution in [3.05, 3.63) is 53.3 Å². The van der Waals surface area contributed by atoms with E-state index in [1.54, 1.807) is 42.8 Å². The number of nitrogens with zero attached hydrogens (tertiary/aromatic N) is 6. The minimum Gasteiger partial charge on any atom is -0.354 e. The van der Waals surface area contributed by atoms with Gasteiger partial charge < -0.3 is 19.5 Å². The predicted octanol–water partition coefficient (Wildman–Crippen LogP) is 1.85. The number of hydrogen-bond donors (Lipinski definition) is 1. The molecule has 0 bridgehead atoms. The Hall–Kier alpha value is -2.71. The van der Waals surface area contributed by atoms with Crippen LogP contribution in [0.2, 0.25) is 5.02 Å². The maximum Gasteiger partial charge on any atom is 0.274 e. The Bertz CT molecular complexity index is 964. The molecule has 28 heavy (non-hydrogen) atoms. The van der Waals surface area contributed by atoms with E-state index in [1.807, 2.05) is 10.5 Å². The minimum atomic E-state index is -0.187. The molecule has 1 N–H and O–H groups in total. The lowest BCUT2D eigenvalue weighted by atomic mass is 10.3. The molecule has 4 rings (SSSR count). The second-order valence-electron chi connectivity index (χ2n) is 6.84. The van der Waals surface area contributed by atoms with Crippen molar-refractivity contribution in [2.24, 2.45) is 0 Å². The largest absolute Gasteiger partial charge is 0.354 e. The second-order valence-corrected chi connectivity index (χ2v) is 7.27. The van der Waals surface area contributed by atoms with Crippen molar-refractivity contribution in [1.29, 1.82) is 0 Å². The molecule has 4 heterocycles. The van der Waals surface area contributed by atoms with Crippen molar-refractivity contribution in [2.45, 2.75) is 13.0 Å². The van der Waals surface area contributed by atoms with Gasteiger partial charge in [0, 0.05) is 32.9 Å². The average molecular weight is 400 g/mol. The van der Waals surface area contributed by atoms with Crippen LogP contribution in [-0.2, 0) is 6.54 Å². The molecule has 0 aromatic carbocycles. The molecule has 1 fully saturated rings. The molecule has 1 aliphatic heterocycles. The van der Waals surface area contributed by atoms with Gasteiger partial charge in [-0.3, -0.25) is 4.79 Å². The van der Waals surface area contributed by atoms with Crippen molar-refractivity contribution >= 4 is 29.0 Å². The number of halogens is 1. The standard InChI is InChI=1S/C19H22ClN7O/c1-25(13-15-9-23-17-4-3-14(20)12-27(15)17)19(28)16-10-24-18(11-22-16)26-7-2-5-21-6-8-26/h3-4,9-12,21H,2,5-8,13H2,1H3. The third kappa shape index (κ3) is 3.93. The van der Waals surface area contributed by atoms with Gasteiger partial charge in [0.2, 0.25) is 0 Å². The van der Waals surface area contributed by atoms with Crippen molar-refractivity contribution in [1.82, 2.24) is 29.6 Å². The van der Waals surface area contributed by atoms with Crippen molar-refractivity contribution in [3.63, 3.8) is 0 Å². The lowest BCUT2D eigenvalue weighted by Crippen LogP contribution is -2.30. The van der Waals surface area contributed by atoms with Gasteiger partial charge >= 0.3 is 0 Å². The van der Waals surface area contributed by atoms with Gasteiger partial charge in [0.15, 0.2) is 0 Å². The van der Waals surface area contributed by atoms with E-state index in [-0.39, 0.29) is 5.91 Å². The number of amides is 1. The number of aromatic nitrogens is 4. The highest BCUT2D eigenvalue weighted by molar-refractivity contribution is 6.30. The molecule has 1 amide bonds. The number of rotatable bonds is 4. The Balaban J connectivity index is 1.46. The first-order valence-corrected chi connectivity index (χ1v) is 9.64. The van der Waals surface area contributed by atoms with Crippen LogP contribution in [-0.4, -0.2) is 63.4 Å². The van der Waals surface area contributed by atoms with Crippen LogP contribution in [0.4, 0.5) is 5.82 Å². The van der Waals surface area contributed by atoms with E-state index in [1.165, 1.54) is 0 Å². The molecule has 146 valence electrons. The molecule has 1 saturated heterocycles. The van der Waals surface area contributed by atoms with E-state index in [0.29, 0.717) is 17.3 Å². The van der Waals surface area contributed by atoms with Gasteiger partial charge in [-0.1, -0.05) is 11.6 Å². The minimum absolute atomic E-state index is 0.187. The SMILES string of the molecule is CN(Cc1cnc2ccc(Cl)cn12)C(=O)c1cnc(N2CCCNCC2)cn1. The van der Waals surface area contributed by atoms with Crippen LogP contribution in [0.25, 0.3) is 5.65 Å². The lowest BCUT2D eigenvalue weighted by Gasteiger charge is -2.21. The zero-order chi connectivity index (χ0) is 19.5. The number of nitrogens with one attached hydrogen (secondary N) is 1. The number of imidazole rings is 1. The monoisotopic (exact) mass is 399 g/mol. The fourth-order valence-electron chi connectivity index (χ4n) is 3.30. The first kappa shape index (κ1) is 18.6. The van der Waals surface area contributed by atoms with E-state index in [2.05, 4.69) is 25.2 Å². The summed E-state index contributed by atoms with van der Waals surface area (Å²) < 4.78 is 1.88. The topological polar surface area (TPSA) is 78.7 Å². The highest BCUT2D eigenvalue weighted by Crippen LogP contribution is 2.15.